The van der Waals surface area contributed by atoms with Gasteiger partial charge in [0.2, 0.25) is 5.91 Å². The van der Waals surface area contributed by atoms with Crippen LogP contribution >= 0.6 is 0 Å². The summed E-state index contributed by atoms with van der Waals surface area (Å²) in [5.41, 5.74) is -0.746. The van der Waals surface area contributed by atoms with E-state index in [-0.39, 0.29) is 23.4 Å². The van der Waals surface area contributed by atoms with Crippen LogP contribution in [0.5, 0.6) is 0 Å². The van der Waals surface area contributed by atoms with Crippen molar-refractivity contribution in [1.82, 2.24) is 20.4 Å². The van der Waals surface area contributed by atoms with Gasteiger partial charge in [0, 0.05) is 38.1 Å². The average molecular weight is 407 g/mol. The third-order valence-corrected chi connectivity index (χ3v) is 6.93. The summed E-state index contributed by atoms with van der Waals surface area (Å²) in [7, 11) is 0. The molecule has 0 bridgehead atoms. The van der Waals surface area contributed by atoms with Gasteiger partial charge in [0.05, 0.1) is 0 Å². The molecule has 3 fully saturated rings. The van der Waals surface area contributed by atoms with Crippen LogP contribution < -0.4 is 10.6 Å². The van der Waals surface area contributed by atoms with Crippen LogP contribution in [-0.2, 0) is 9.59 Å². The molecule has 3 aliphatic rings. The number of nitrogens with zero attached hydrogens (tertiary/aromatic N) is 2. The van der Waals surface area contributed by atoms with Crippen molar-refractivity contribution in [1.29, 1.82) is 0 Å². The number of urea groups is 1. The van der Waals surface area contributed by atoms with Crippen LogP contribution in [0.2, 0.25) is 0 Å². The standard InChI is InChI=1S/C22H38N4O3/c1-16-12-17(2)14-25(13-16)21(3,4)15-23-18(27)8-7-11-26-19(28)22(24-20(26)29)9-5-6-10-22/h16-17H,5-15H2,1-4H3,(H,23,27)(H,24,29). The fourth-order valence-electron chi connectivity index (χ4n) is 5.27. The van der Waals surface area contributed by atoms with Crippen molar-refractivity contribution in [3.8, 4) is 0 Å². The number of carbonyl (C=O) groups is 3. The Labute approximate surface area is 174 Å². The fourth-order valence-corrected chi connectivity index (χ4v) is 5.27. The molecule has 164 valence electrons. The lowest BCUT2D eigenvalue weighted by Gasteiger charge is -2.45. The van der Waals surface area contributed by atoms with E-state index in [1.165, 1.54) is 11.3 Å². The number of hydrogen-bond acceptors (Lipinski definition) is 4. The molecule has 4 amide bonds. The van der Waals surface area contributed by atoms with Crippen molar-refractivity contribution < 1.29 is 14.4 Å². The van der Waals surface area contributed by atoms with E-state index in [0.29, 0.717) is 37.8 Å². The van der Waals surface area contributed by atoms with Gasteiger partial charge in [0.15, 0.2) is 0 Å². The van der Waals surface area contributed by atoms with E-state index < -0.39 is 5.54 Å². The molecule has 2 unspecified atom stereocenters. The first-order valence-corrected chi connectivity index (χ1v) is 11.3. The Balaban J connectivity index is 1.41. The summed E-state index contributed by atoms with van der Waals surface area (Å²) in [6, 6.07) is -0.299. The van der Waals surface area contributed by atoms with E-state index in [1.807, 2.05) is 0 Å². The number of piperidine rings is 1. The summed E-state index contributed by atoms with van der Waals surface area (Å²) in [5.74, 6) is 1.25. The number of imide groups is 1. The van der Waals surface area contributed by atoms with Crippen LogP contribution in [0.4, 0.5) is 4.79 Å². The number of hydrogen-bond donors (Lipinski definition) is 2. The van der Waals surface area contributed by atoms with Gasteiger partial charge in [-0.3, -0.25) is 19.4 Å². The van der Waals surface area contributed by atoms with Gasteiger partial charge in [-0.05, 0) is 51.4 Å². The summed E-state index contributed by atoms with van der Waals surface area (Å²) in [6.45, 7) is 12.0. The van der Waals surface area contributed by atoms with Crippen LogP contribution in [0.1, 0.15) is 72.6 Å². The van der Waals surface area contributed by atoms with Crippen molar-refractivity contribution in [3.63, 3.8) is 0 Å². The second-order valence-corrected chi connectivity index (χ2v) is 10.2. The first-order valence-electron chi connectivity index (χ1n) is 11.3. The van der Waals surface area contributed by atoms with E-state index in [0.717, 1.165) is 38.8 Å². The van der Waals surface area contributed by atoms with E-state index >= 15 is 0 Å². The molecular formula is C22H38N4O3. The Hall–Kier alpha value is -1.63. The maximum absolute atomic E-state index is 12.6. The zero-order chi connectivity index (χ0) is 21.2. The largest absolute Gasteiger partial charge is 0.354 e. The van der Waals surface area contributed by atoms with Gasteiger partial charge in [0.25, 0.3) is 5.91 Å². The summed E-state index contributed by atoms with van der Waals surface area (Å²) in [6.07, 6.45) is 5.52. The zero-order valence-electron chi connectivity index (χ0n) is 18.6. The van der Waals surface area contributed by atoms with Crippen molar-refractivity contribution in [2.45, 2.75) is 83.7 Å². The number of likely N-dealkylation sites (tertiary alicyclic amines) is 1. The monoisotopic (exact) mass is 406 g/mol. The topological polar surface area (TPSA) is 81.8 Å². The van der Waals surface area contributed by atoms with Crippen LogP contribution in [0.3, 0.4) is 0 Å². The number of amides is 4. The Bertz CT molecular complexity index is 632. The molecule has 7 nitrogen and oxygen atoms in total. The third-order valence-electron chi connectivity index (χ3n) is 6.93. The molecule has 2 atom stereocenters. The molecule has 0 aromatic heterocycles. The molecule has 1 aliphatic carbocycles. The molecule has 2 N–H and O–H groups in total. The minimum atomic E-state index is -0.661. The maximum Gasteiger partial charge on any atom is 0.325 e. The fraction of sp³-hybridized carbons (Fsp3) is 0.864. The summed E-state index contributed by atoms with van der Waals surface area (Å²) in [5, 5.41) is 5.95. The molecule has 2 heterocycles. The van der Waals surface area contributed by atoms with Crippen LogP contribution in [-0.4, -0.2) is 64.9 Å². The van der Waals surface area contributed by atoms with Crippen molar-refractivity contribution in [2.75, 3.05) is 26.2 Å². The summed E-state index contributed by atoms with van der Waals surface area (Å²) in [4.78, 5) is 41.0. The SMILES string of the molecule is CC1CC(C)CN(C(C)(C)CNC(=O)CCCN2C(=O)NC3(CCCC3)C2=O)C1. The maximum atomic E-state index is 12.6. The quantitative estimate of drug-likeness (QED) is 0.637. The normalized spacial score (nSPS) is 27.5. The smallest absolute Gasteiger partial charge is 0.325 e. The highest BCUT2D eigenvalue weighted by molar-refractivity contribution is 6.07. The lowest BCUT2D eigenvalue weighted by atomic mass is 9.88. The Morgan fingerprint density at radius 2 is 1.79 bits per heavy atom. The summed E-state index contributed by atoms with van der Waals surface area (Å²) < 4.78 is 0. The average Bonchev–Trinajstić information content (AvgIpc) is 3.20. The predicted molar refractivity (Wildman–Crippen MR) is 112 cm³/mol. The predicted octanol–water partition coefficient (Wildman–Crippen LogP) is 2.50. The molecule has 0 radical (unpaired) electrons. The van der Waals surface area contributed by atoms with E-state index in [2.05, 4.69) is 43.2 Å². The molecule has 3 rings (SSSR count). The molecule has 1 spiro atoms. The van der Waals surface area contributed by atoms with E-state index in [1.54, 1.807) is 0 Å². The van der Waals surface area contributed by atoms with Crippen molar-refractivity contribution >= 4 is 17.8 Å². The highest BCUT2D eigenvalue weighted by Crippen LogP contribution is 2.35. The molecule has 29 heavy (non-hydrogen) atoms. The first kappa shape index (κ1) is 22.1. The van der Waals surface area contributed by atoms with Gasteiger partial charge in [-0.15, -0.1) is 0 Å². The van der Waals surface area contributed by atoms with Gasteiger partial charge >= 0.3 is 6.03 Å². The molecule has 1 saturated carbocycles. The minimum absolute atomic E-state index is 0.0150. The zero-order valence-corrected chi connectivity index (χ0v) is 18.6. The molecular weight excluding hydrogens is 368 g/mol. The Morgan fingerprint density at radius 1 is 1.17 bits per heavy atom. The van der Waals surface area contributed by atoms with E-state index in [4.69, 9.17) is 0 Å². The number of nitrogens with one attached hydrogen (secondary N) is 2. The van der Waals surface area contributed by atoms with Gasteiger partial charge in [-0.2, -0.15) is 0 Å². The lowest BCUT2D eigenvalue weighted by Crippen LogP contribution is -2.56. The van der Waals surface area contributed by atoms with Gasteiger partial charge < -0.3 is 10.6 Å². The molecule has 0 aromatic rings. The van der Waals surface area contributed by atoms with Gasteiger partial charge in [0.1, 0.15) is 5.54 Å². The third kappa shape index (κ3) is 4.93. The molecule has 0 aromatic carbocycles. The second-order valence-electron chi connectivity index (χ2n) is 10.2. The van der Waals surface area contributed by atoms with Crippen molar-refractivity contribution in [3.05, 3.63) is 0 Å². The second kappa shape index (κ2) is 8.62. The molecule has 2 aliphatic heterocycles. The number of rotatable bonds is 7. The van der Waals surface area contributed by atoms with Crippen molar-refractivity contribution in [2.24, 2.45) is 11.8 Å². The Kier molecular flexibility index (Phi) is 6.56. The Morgan fingerprint density at radius 3 is 2.41 bits per heavy atom. The van der Waals surface area contributed by atoms with E-state index in [9.17, 15) is 14.4 Å². The number of carbonyl (C=O) groups excluding carboxylic acids is 3. The molecule has 7 heteroatoms. The summed E-state index contributed by atoms with van der Waals surface area (Å²) >= 11 is 0. The first-order chi connectivity index (χ1) is 13.6. The lowest BCUT2D eigenvalue weighted by molar-refractivity contribution is -0.131. The van der Waals surface area contributed by atoms with Crippen LogP contribution in [0.25, 0.3) is 0 Å². The molecule has 2 saturated heterocycles. The van der Waals surface area contributed by atoms with Crippen LogP contribution in [0, 0.1) is 11.8 Å². The highest BCUT2D eigenvalue weighted by Gasteiger charge is 2.52. The highest BCUT2D eigenvalue weighted by atomic mass is 16.2. The van der Waals surface area contributed by atoms with Gasteiger partial charge in [-0.1, -0.05) is 26.7 Å². The van der Waals surface area contributed by atoms with Crippen LogP contribution in [0.15, 0.2) is 0 Å². The van der Waals surface area contributed by atoms with Gasteiger partial charge in [-0.25, -0.2) is 4.79 Å². The minimum Gasteiger partial charge on any atom is -0.354 e.